The Morgan fingerprint density at radius 3 is 2.83 bits per heavy atom. The van der Waals surface area contributed by atoms with E-state index in [-0.39, 0.29) is 16.8 Å². The molecular weight excluding hydrogens is 394 g/mol. The number of halogens is 1. The molecule has 2 heterocycles. The second-order valence-corrected chi connectivity index (χ2v) is 7.24. The summed E-state index contributed by atoms with van der Waals surface area (Å²) < 4.78 is 12.5. The highest BCUT2D eigenvalue weighted by molar-refractivity contribution is 6.32. The molecule has 154 valence electrons. The molecule has 0 aliphatic heterocycles. The number of nitrogens with one attached hydrogen (secondary N) is 1. The van der Waals surface area contributed by atoms with Crippen LogP contribution in [-0.4, -0.2) is 28.3 Å². The lowest BCUT2D eigenvalue weighted by Crippen LogP contribution is -2.31. The van der Waals surface area contributed by atoms with E-state index < -0.39 is 18.5 Å². The maximum Gasteiger partial charge on any atom is 0.343 e. The number of aromatic nitrogens is 2. The number of unbranched alkanes of at least 4 members (excludes halogenated alkanes) is 1. The number of nitrogens with zero attached hydrogens (tertiary/aromatic N) is 2. The summed E-state index contributed by atoms with van der Waals surface area (Å²) in [6, 6.07) is 9.11. The molecule has 1 aromatic carbocycles. The van der Waals surface area contributed by atoms with Crippen LogP contribution < -0.4 is 5.32 Å². The maximum absolute atomic E-state index is 12.4. The zero-order valence-electron chi connectivity index (χ0n) is 16.7. The molecule has 0 aliphatic rings. The minimum absolute atomic E-state index is 0.195. The third-order valence-corrected chi connectivity index (χ3v) is 4.96. The van der Waals surface area contributed by atoms with Crippen molar-refractivity contribution in [2.24, 2.45) is 0 Å². The highest BCUT2D eigenvalue weighted by Gasteiger charge is 2.23. The van der Waals surface area contributed by atoms with Crippen LogP contribution >= 0.6 is 11.6 Å². The Morgan fingerprint density at radius 2 is 2.10 bits per heavy atom. The molecule has 0 bridgehead atoms. The number of carbonyl (C=O) groups is 2. The number of hydrogen-bond donors (Lipinski definition) is 1. The van der Waals surface area contributed by atoms with Crippen LogP contribution in [0, 0.1) is 6.92 Å². The zero-order valence-corrected chi connectivity index (χ0v) is 17.5. The number of amides is 1. The molecule has 0 fully saturated rings. The van der Waals surface area contributed by atoms with Gasteiger partial charge in [0.1, 0.15) is 22.1 Å². The quantitative estimate of drug-likeness (QED) is 0.548. The van der Waals surface area contributed by atoms with Crippen LogP contribution in [0.4, 0.5) is 0 Å². The van der Waals surface area contributed by atoms with E-state index in [2.05, 4.69) is 17.3 Å². The van der Waals surface area contributed by atoms with Gasteiger partial charge in [-0.2, -0.15) is 5.10 Å². The Hall–Kier alpha value is -2.80. The van der Waals surface area contributed by atoms with Crippen molar-refractivity contribution >= 4 is 34.4 Å². The molecule has 0 saturated heterocycles. The fraction of sp³-hybridized carbons (Fsp3) is 0.381. The Morgan fingerprint density at radius 1 is 1.34 bits per heavy atom. The molecule has 3 aromatic rings. The first kappa shape index (κ1) is 20.9. The molecule has 7 nitrogen and oxygen atoms in total. The van der Waals surface area contributed by atoms with Crippen molar-refractivity contribution in [3.05, 3.63) is 52.5 Å². The number of rotatable bonds is 8. The number of ether oxygens (including phenoxy) is 1. The van der Waals surface area contributed by atoms with Crippen molar-refractivity contribution in [3.63, 3.8) is 0 Å². The third kappa shape index (κ3) is 4.79. The van der Waals surface area contributed by atoms with E-state index in [1.54, 1.807) is 18.5 Å². The van der Waals surface area contributed by atoms with Gasteiger partial charge in [-0.15, -0.1) is 0 Å². The highest BCUT2D eigenvalue weighted by Crippen LogP contribution is 2.24. The molecule has 0 unspecified atom stereocenters. The molecule has 1 atom stereocenters. The van der Waals surface area contributed by atoms with E-state index in [1.165, 1.54) is 0 Å². The fourth-order valence-electron chi connectivity index (χ4n) is 3.01. The standard InChI is InChI=1S/C21H24ClN3O4/c1-4-5-10-25-20(22)19(14(3)24-25)21(27)28-12-18(26)23-13(2)17-11-15-8-6-7-9-16(15)29-17/h6-9,11,13H,4-5,10,12H2,1-3H3,(H,23,26)/t13-/m0/s1. The monoisotopic (exact) mass is 417 g/mol. The van der Waals surface area contributed by atoms with Gasteiger partial charge in [0.15, 0.2) is 6.61 Å². The van der Waals surface area contributed by atoms with Crippen LogP contribution in [0.2, 0.25) is 5.15 Å². The average Bonchev–Trinajstić information content (AvgIpc) is 3.25. The van der Waals surface area contributed by atoms with Gasteiger partial charge in [0.05, 0.1) is 11.7 Å². The van der Waals surface area contributed by atoms with Gasteiger partial charge >= 0.3 is 5.97 Å². The Labute approximate surface area is 174 Å². The summed E-state index contributed by atoms with van der Waals surface area (Å²) >= 11 is 6.27. The minimum Gasteiger partial charge on any atom is -0.459 e. The number of benzene rings is 1. The molecule has 0 spiro atoms. The molecule has 1 amide bonds. The summed E-state index contributed by atoms with van der Waals surface area (Å²) in [6.07, 6.45) is 1.88. The number of aryl methyl sites for hydroxylation is 2. The normalized spacial score (nSPS) is 12.1. The van der Waals surface area contributed by atoms with Crippen molar-refractivity contribution in [3.8, 4) is 0 Å². The van der Waals surface area contributed by atoms with Crippen molar-refractivity contribution in [1.82, 2.24) is 15.1 Å². The van der Waals surface area contributed by atoms with Crippen LogP contribution in [-0.2, 0) is 16.1 Å². The Bertz CT molecular complexity index is 991. The van der Waals surface area contributed by atoms with Gasteiger partial charge < -0.3 is 14.5 Å². The van der Waals surface area contributed by atoms with Crippen LogP contribution in [0.25, 0.3) is 11.0 Å². The lowest BCUT2D eigenvalue weighted by molar-refractivity contribution is -0.125. The lowest BCUT2D eigenvalue weighted by Gasteiger charge is -2.11. The number of furan rings is 1. The van der Waals surface area contributed by atoms with E-state index >= 15 is 0 Å². The van der Waals surface area contributed by atoms with Crippen molar-refractivity contribution < 1.29 is 18.7 Å². The topological polar surface area (TPSA) is 86.4 Å². The van der Waals surface area contributed by atoms with E-state index in [0.717, 1.165) is 23.8 Å². The molecular formula is C21H24ClN3O4. The van der Waals surface area contributed by atoms with E-state index in [9.17, 15) is 9.59 Å². The molecule has 2 aromatic heterocycles. The smallest absolute Gasteiger partial charge is 0.343 e. The van der Waals surface area contributed by atoms with Gasteiger partial charge in [0.2, 0.25) is 0 Å². The van der Waals surface area contributed by atoms with E-state index in [0.29, 0.717) is 18.0 Å². The lowest BCUT2D eigenvalue weighted by atomic mass is 10.2. The molecule has 0 saturated carbocycles. The second-order valence-electron chi connectivity index (χ2n) is 6.88. The molecule has 1 N–H and O–H groups in total. The van der Waals surface area contributed by atoms with Crippen molar-refractivity contribution in [2.75, 3.05) is 6.61 Å². The van der Waals surface area contributed by atoms with Crippen molar-refractivity contribution in [2.45, 2.75) is 46.2 Å². The van der Waals surface area contributed by atoms with Crippen LogP contribution in [0.3, 0.4) is 0 Å². The minimum atomic E-state index is -0.665. The predicted molar refractivity (Wildman–Crippen MR) is 110 cm³/mol. The largest absolute Gasteiger partial charge is 0.459 e. The molecule has 0 aliphatic carbocycles. The summed E-state index contributed by atoms with van der Waals surface area (Å²) in [4.78, 5) is 24.6. The Balaban J connectivity index is 1.57. The Kier molecular flexibility index (Phi) is 6.59. The maximum atomic E-state index is 12.4. The first-order valence-corrected chi connectivity index (χ1v) is 9.96. The fourth-order valence-corrected chi connectivity index (χ4v) is 3.35. The SMILES string of the molecule is CCCCn1nc(C)c(C(=O)OCC(=O)N[C@@H](C)c2cc3ccccc3o2)c1Cl. The molecule has 3 rings (SSSR count). The van der Waals surface area contributed by atoms with E-state index in [1.807, 2.05) is 30.3 Å². The third-order valence-electron chi connectivity index (χ3n) is 4.58. The molecule has 29 heavy (non-hydrogen) atoms. The van der Waals surface area contributed by atoms with Crippen LogP contribution in [0.5, 0.6) is 0 Å². The van der Waals surface area contributed by atoms with E-state index in [4.69, 9.17) is 20.8 Å². The zero-order chi connectivity index (χ0) is 21.0. The average molecular weight is 418 g/mol. The van der Waals surface area contributed by atoms with Gasteiger partial charge in [0, 0.05) is 11.9 Å². The van der Waals surface area contributed by atoms with Gasteiger partial charge in [-0.1, -0.05) is 43.1 Å². The summed E-state index contributed by atoms with van der Waals surface area (Å²) in [7, 11) is 0. The first-order chi connectivity index (χ1) is 13.9. The van der Waals surface area contributed by atoms with Crippen LogP contribution in [0.15, 0.2) is 34.7 Å². The summed E-state index contributed by atoms with van der Waals surface area (Å²) in [5.74, 6) is -0.470. The van der Waals surface area contributed by atoms with Gasteiger partial charge in [-0.05, 0) is 32.4 Å². The van der Waals surface area contributed by atoms with Crippen molar-refractivity contribution in [1.29, 1.82) is 0 Å². The first-order valence-electron chi connectivity index (χ1n) is 9.58. The number of carbonyl (C=O) groups excluding carboxylic acids is 2. The van der Waals surface area contributed by atoms with Gasteiger partial charge in [-0.25, -0.2) is 4.79 Å². The number of esters is 1. The highest BCUT2D eigenvalue weighted by atomic mass is 35.5. The summed E-state index contributed by atoms with van der Waals surface area (Å²) in [5, 5.41) is 8.23. The summed E-state index contributed by atoms with van der Waals surface area (Å²) in [5.41, 5.74) is 1.42. The number of hydrogen-bond acceptors (Lipinski definition) is 5. The molecule has 8 heteroatoms. The number of para-hydroxylation sites is 1. The molecule has 0 radical (unpaired) electrons. The van der Waals surface area contributed by atoms with Crippen LogP contribution in [0.1, 0.15) is 54.5 Å². The predicted octanol–water partition coefficient (Wildman–Crippen LogP) is 4.43. The number of fused-ring (bicyclic) bond motifs is 1. The van der Waals surface area contributed by atoms with Gasteiger partial charge in [0.25, 0.3) is 5.91 Å². The van der Waals surface area contributed by atoms with Gasteiger partial charge in [-0.3, -0.25) is 9.48 Å². The second kappa shape index (κ2) is 9.13. The summed E-state index contributed by atoms with van der Waals surface area (Å²) in [6.45, 7) is 5.76.